The van der Waals surface area contributed by atoms with Crippen LogP contribution in [0.3, 0.4) is 0 Å². The number of hydrogen-bond acceptors (Lipinski definition) is 2. The highest BCUT2D eigenvalue weighted by atomic mass is 16.4. The molecule has 2 N–H and O–H groups in total. The minimum atomic E-state index is -0.829. The molecule has 1 fully saturated rings. The van der Waals surface area contributed by atoms with Crippen LogP contribution in [-0.2, 0) is 13.1 Å². The molecule has 1 aliphatic carbocycles. The molecular weight excluding hydrogens is 336 g/mol. The third-order valence-corrected chi connectivity index (χ3v) is 6.56. The summed E-state index contributed by atoms with van der Waals surface area (Å²) in [5.74, 6) is 0.518. The van der Waals surface area contributed by atoms with Crippen LogP contribution in [0, 0.1) is 25.7 Å². The van der Waals surface area contributed by atoms with Crippen molar-refractivity contribution in [3.8, 4) is 0 Å². The molecule has 0 bridgehead atoms. The van der Waals surface area contributed by atoms with Gasteiger partial charge in [-0.25, -0.2) is 4.79 Å². The molecule has 1 saturated carbocycles. The van der Waals surface area contributed by atoms with Gasteiger partial charge < -0.3 is 15.0 Å². The van der Waals surface area contributed by atoms with Crippen LogP contribution in [0.4, 0.5) is 0 Å². The highest BCUT2D eigenvalue weighted by Gasteiger charge is 2.28. The average molecular weight is 369 g/mol. The Bertz CT molecular complexity index is 794. The Morgan fingerprint density at radius 1 is 1.15 bits per heavy atom. The molecule has 1 aromatic heterocycles. The third kappa shape index (κ3) is 4.11. The fraction of sp³-hybridized carbons (Fsp3) is 0.522. The molecule has 4 heteroatoms. The summed E-state index contributed by atoms with van der Waals surface area (Å²) >= 11 is 0. The van der Waals surface area contributed by atoms with E-state index in [0.717, 1.165) is 22.9 Å². The van der Waals surface area contributed by atoms with E-state index in [0.29, 0.717) is 30.6 Å². The Morgan fingerprint density at radius 3 is 2.52 bits per heavy atom. The maximum atomic E-state index is 12.0. The zero-order chi connectivity index (χ0) is 19.6. The third-order valence-electron chi connectivity index (χ3n) is 6.56. The largest absolute Gasteiger partial charge is 0.478 e. The van der Waals surface area contributed by atoms with Crippen LogP contribution >= 0.6 is 0 Å². The lowest BCUT2D eigenvalue weighted by Gasteiger charge is -2.34. The number of carboxylic acids is 1. The molecule has 27 heavy (non-hydrogen) atoms. The summed E-state index contributed by atoms with van der Waals surface area (Å²) in [6.45, 7) is 9.94. The molecule has 0 radical (unpaired) electrons. The van der Waals surface area contributed by atoms with Crippen molar-refractivity contribution in [2.75, 3.05) is 0 Å². The number of aromatic carboxylic acids is 1. The Morgan fingerprint density at radius 2 is 1.85 bits per heavy atom. The number of carboxylic acid groups (broad SMARTS) is 1. The van der Waals surface area contributed by atoms with Crippen LogP contribution in [0.15, 0.2) is 30.3 Å². The first-order chi connectivity index (χ1) is 12.9. The highest BCUT2D eigenvalue weighted by molar-refractivity contribution is 5.91. The van der Waals surface area contributed by atoms with E-state index in [4.69, 9.17) is 0 Å². The lowest BCUT2D eigenvalue weighted by Crippen LogP contribution is -2.40. The summed E-state index contributed by atoms with van der Waals surface area (Å²) in [4.78, 5) is 12.0. The molecule has 1 heterocycles. The summed E-state index contributed by atoms with van der Waals surface area (Å²) in [5.41, 5.74) is 4.47. The van der Waals surface area contributed by atoms with E-state index in [1.807, 2.05) is 32.0 Å². The summed E-state index contributed by atoms with van der Waals surface area (Å²) in [6, 6.07) is 10.7. The van der Waals surface area contributed by atoms with Gasteiger partial charge in [0.1, 0.15) is 0 Å². The molecular formula is C23H32N2O2. The second-order valence-corrected chi connectivity index (χ2v) is 8.16. The predicted octanol–water partition coefficient (Wildman–Crippen LogP) is 4.77. The SMILES string of the molecule is Cc1c(CN[C@@H]2CCC[C@H](C)[C@@H]2C)c(C(=O)O)c(C)n1Cc1ccccc1. The van der Waals surface area contributed by atoms with Crippen LogP contribution in [-0.4, -0.2) is 21.7 Å². The number of benzene rings is 1. The molecule has 4 nitrogen and oxygen atoms in total. The van der Waals surface area contributed by atoms with E-state index >= 15 is 0 Å². The molecule has 3 atom stereocenters. The van der Waals surface area contributed by atoms with Crippen molar-refractivity contribution in [2.45, 2.75) is 66.1 Å². The molecule has 0 aliphatic heterocycles. The Labute approximate surface area is 162 Å². The van der Waals surface area contributed by atoms with Crippen molar-refractivity contribution in [1.29, 1.82) is 0 Å². The lowest BCUT2D eigenvalue weighted by molar-refractivity contribution is 0.0694. The van der Waals surface area contributed by atoms with Gasteiger partial charge in [-0.1, -0.05) is 57.0 Å². The first-order valence-electron chi connectivity index (χ1n) is 10.1. The first kappa shape index (κ1) is 19.7. The minimum absolute atomic E-state index is 0.465. The van der Waals surface area contributed by atoms with Gasteiger partial charge in [0.2, 0.25) is 0 Å². The number of nitrogens with zero attached hydrogens (tertiary/aromatic N) is 1. The van der Waals surface area contributed by atoms with Crippen LogP contribution in [0.25, 0.3) is 0 Å². The Hall–Kier alpha value is -2.07. The van der Waals surface area contributed by atoms with E-state index in [9.17, 15) is 9.90 Å². The summed E-state index contributed by atoms with van der Waals surface area (Å²) in [6.07, 6.45) is 3.73. The predicted molar refractivity (Wildman–Crippen MR) is 109 cm³/mol. The van der Waals surface area contributed by atoms with E-state index in [2.05, 4.69) is 35.9 Å². The van der Waals surface area contributed by atoms with Gasteiger partial charge in [-0.3, -0.25) is 0 Å². The number of carbonyl (C=O) groups is 1. The molecule has 0 saturated heterocycles. The molecule has 0 amide bonds. The molecule has 0 spiro atoms. The molecule has 1 aromatic carbocycles. The van der Waals surface area contributed by atoms with E-state index < -0.39 is 5.97 Å². The quantitative estimate of drug-likeness (QED) is 0.772. The number of rotatable bonds is 6. The standard InChI is InChI=1S/C23H32N2O2/c1-15-9-8-12-21(16(15)2)24-13-20-17(3)25(18(4)22(20)23(26)27)14-19-10-6-5-7-11-19/h5-7,10-11,15-16,21,24H,8-9,12-14H2,1-4H3,(H,26,27)/t15-,16-,21+/m0/s1. The van der Waals surface area contributed by atoms with Crippen molar-refractivity contribution in [3.05, 3.63) is 58.4 Å². The van der Waals surface area contributed by atoms with Crippen molar-refractivity contribution in [1.82, 2.24) is 9.88 Å². The second kappa shape index (κ2) is 8.30. The number of aromatic nitrogens is 1. The van der Waals surface area contributed by atoms with Crippen LogP contribution in [0.5, 0.6) is 0 Å². The summed E-state index contributed by atoms with van der Waals surface area (Å²) in [5, 5.41) is 13.5. The minimum Gasteiger partial charge on any atom is -0.478 e. The fourth-order valence-corrected chi connectivity index (χ4v) is 4.56. The van der Waals surface area contributed by atoms with E-state index in [-0.39, 0.29) is 0 Å². The van der Waals surface area contributed by atoms with Crippen LogP contribution in [0.2, 0.25) is 0 Å². The number of hydrogen-bond donors (Lipinski definition) is 2. The smallest absolute Gasteiger partial charge is 0.337 e. The van der Waals surface area contributed by atoms with E-state index in [1.54, 1.807) is 0 Å². The topological polar surface area (TPSA) is 54.3 Å². The average Bonchev–Trinajstić information content (AvgIpc) is 2.88. The Balaban J connectivity index is 1.85. The van der Waals surface area contributed by atoms with Gasteiger partial charge >= 0.3 is 5.97 Å². The lowest BCUT2D eigenvalue weighted by atomic mass is 9.78. The van der Waals surface area contributed by atoms with Crippen LogP contribution < -0.4 is 5.32 Å². The van der Waals surface area contributed by atoms with Gasteiger partial charge in [-0.2, -0.15) is 0 Å². The van der Waals surface area contributed by atoms with Crippen molar-refractivity contribution < 1.29 is 9.90 Å². The maximum absolute atomic E-state index is 12.0. The van der Waals surface area contributed by atoms with Gasteiger partial charge in [0.05, 0.1) is 5.56 Å². The molecule has 0 unspecified atom stereocenters. The maximum Gasteiger partial charge on any atom is 0.337 e. The number of nitrogens with one attached hydrogen (secondary N) is 1. The monoisotopic (exact) mass is 368 g/mol. The second-order valence-electron chi connectivity index (χ2n) is 8.16. The van der Waals surface area contributed by atoms with Gasteiger partial charge in [0, 0.05) is 36.1 Å². The molecule has 1 aliphatic rings. The van der Waals surface area contributed by atoms with Crippen molar-refractivity contribution in [3.63, 3.8) is 0 Å². The fourth-order valence-electron chi connectivity index (χ4n) is 4.56. The van der Waals surface area contributed by atoms with Crippen molar-refractivity contribution in [2.24, 2.45) is 11.8 Å². The van der Waals surface area contributed by atoms with Gasteiger partial charge in [0.15, 0.2) is 0 Å². The van der Waals surface area contributed by atoms with Gasteiger partial charge in [-0.15, -0.1) is 0 Å². The highest BCUT2D eigenvalue weighted by Crippen LogP contribution is 2.30. The van der Waals surface area contributed by atoms with Crippen LogP contribution in [0.1, 0.15) is 66.0 Å². The van der Waals surface area contributed by atoms with E-state index in [1.165, 1.54) is 24.8 Å². The molecule has 3 rings (SSSR count). The van der Waals surface area contributed by atoms with Crippen molar-refractivity contribution >= 4 is 5.97 Å². The Kier molecular flexibility index (Phi) is 6.05. The zero-order valence-corrected chi connectivity index (χ0v) is 17.0. The zero-order valence-electron chi connectivity index (χ0n) is 17.0. The molecule has 146 valence electrons. The molecule has 2 aromatic rings. The normalized spacial score (nSPS) is 22.7. The van der Waals surface area contributed by atoms with Gasteiger partial charge in [-0.05, 0) is 37.7 Å². The first-order valence-corrected chi connectivity index (χ1v) is 10.1. The van der Waals surface area contributed by atoms with Gasteiger partial charge in [0.25, 0.3) is 0 Å². The summed E-state index contributed by atoms with van der Waals surface area (Å²) < 4.78 is 2.14. The summed E-state index contributed by atoms with van der Waals surface area (Å²) in [7, 11) is 0.